The number of anilines is 2. The lowest BCUT2D eigenvalue weighted by atomic mass is 10.1. The molecule has 114 valence electrons. The van der Waals surface area contributed by atoms with E-state index in [0.717, 1.165) is 25.9 Å². The van der Waals surface area contributed by atoms with Crippen LogP contribution in [0.15, 0.2) is 12.7 Å². The van der Waals surface area contributed by atoms with Gasteiger partial charge in [0, 0.05) is 13.1 Å². The molecule has 0 radical (unpaired) electrons. The number of nitrogens with zero attached hydrogens (tertiary/aromatic N) is 6. The number of nitrogens with one attached hydrogen (secondary N) is 2. The van der Waals surface area contributed by atoms with Crippen molar-refractivity contribution in [1.82, 2.24) is 29.7 Å². The van der Waals surface area contributed by atoms with Gasteiger partial charge < -0.3 is 10.6 Å². The van der Waals surface area contributed by atoms with Crippen LogP contribution in [0.2, 0.25) is 0 Å². The van der Waals surface area contributed by atoms with Gasteiger partial charge in [-0.3, -0.25) is 0 Å². The molecule has 2 aromatic heterocycles. The van der Waals surface area contributed by atoms with Crippen LogP contribution >= 0.6 is 0 Å². The minimum Gasteiger partial charge on any atom is -0.354 e. The number of aromatic nitrogens is 6. The SMILES string of the molecule is CCCNc1nc(NCCC(C)C)nc(-n2cncn2)n1. The third kappa shape index (κ3) is 4.66. The molecule has 0 aliphatic heterocycles. The lowest BCUT2D eigenvalue weighted by Gasteiger charge is -2.10. The van der Waals surface area contributed by atoms with Crippen LogP contribution in [0.5, 0.6) is 0 Å². The van der Waals surface area contributed by atoms with Crippen molar-refractivity contribution in [1.29, 1.82) is 0 Å². The third-order valence-corrected chi connectivity index (χ3v) is 2.79. The van der Waals surface area contributed by atoms with Crippen LogP contribution in [0, 0.1) is 5.92 Å². The van der Waals surface area contributed by atoms with Gasteiger partial charge in [0.05, 0.1) is 0 Å². The molecule has 0 saturated carbocycles. The van der Waals surface area contributed by atoms with Crippen LogP contribution in [-0.2, 0) is 0 Å². The van der Waals surface area contributed by atoms with Crippen LogP contribution in [0.3, 0.4) is 0 Å². The average Bonchev–Trinajstić information content (AvgIpc) is 2.99. The zero-order chi connectivity index (χ0) is 15.1. The molecule has 21 heavy (non-hydrogen) atoms. The van der Waals surface area contributed by atoms with Crippen LogP contribution < -0.4 is 10.6 Å². The second-order valence-electron chi connectivity index (χ2n) is 5.16. The van der Waals surface area contributed by atoms with Crippen LogP contribution in [-0.4, -0.2) is 42.8 Å². The first-order chi connectivity index (χ1) is 10.2. The maximum Gasteiger partial charge on any atom is 0.258 e. The fourth-order valence-electron chi connectivity index (χ4n) is 1.65. The number of rotatable bonds is 8. The number of hydrogen-bond donors (Lipinski definition) is 2. The van der Waals surface area contributed by atoms with E-state index in [0.29, 0.717) is 23.8 Å². The Kier molecular flexibility index (Phi) is 5.42. The van der Waals surface area contributed by atoms with Gasteiger partial charge in [0.15, 0.2) is 0 Å². The van der Waals surface area contributed by atoms with Gasteiger partial charge >= 0.3 is 0 Å². The first-order valence-corrected chi connectivity index (χ1v) is 7.28. The summed E-state index contributed by atoms with van der Waals surface area (Å²) in [6, 6.07) is 0. The standard InChI is InChI=1S/C13H22N8/c1-4-6-15-11-18-12(16-7-5-10(2)3)20-13(19-11)21-9-14-8-17-21/h8-10H,4-7H2,1-3H3,(H2,15,16,18,19,20). The second kappa shape index (κ2) is 7.51. The van der Waals surface area contributed by atoms with Gasteiger partial charge in [-0.15, -0.1) is 0 Å². The smallest absolute Gasteiger partial charge is 0.258 e. The quantitative estimate of drug-likeness (QED) is 0.764. The van der Waals surface area contributed by atoms with Gasteiger partial charge in [-0.1, -0.05) is 20.8 Å². The Labute approximate surface area is 124 Å². The molecule has 0 unspecified atom stereocenters. The molecule has 2 N–H and O–H groups in total. The van der Waals surface area contributed by atoms with Crippen molar-refractivity contribution in [2.45, 2.75) is 33.6 Å². The highest BCUT2D eigenvalue weighted by molar-refractivity contribution is 5.37. The monoisotopic (exact) mass is 290 g/mol. The van der Waals surface area contributed by atoms with Crippen LogP contribution in [0.1, 0.15) is 33.6 Å². The van der Waals surface area contributed by atoms with Crippen molar-refractivity contribution in [2.75, 3.05) is 23.7 Å². The Morgan fingerprint density at radius 2 is 1.81 bits per heavy atom. The van der Waals surface area contributed by atoms with Crippen LogP contribution in [0.25, 0.3) is 5.95 Å². The molecule has 0 atom stereocenters. The average molecular weight is 290 g/mol. The van der Waals surface area contributed by atoms with Gasteiger partial charge in [0.2, 0.25) is 11.9 Å². The van der Waals surface area contributed by atoms with Crippen molar-refractivity contribution in [3.63, 3.8) is 0 Å². The summed E-state index contributed by atoms with van der Waals surface area (Å²) in [7, 11) is 0. The minimum atomic E-state index is 0.452. The highest BCUT2D eigenvalue weighted by atomic mass is 15.4. The molecular weight excluding hydrogens is 268 g/mol. The molecule has 0 saturated heterocycles. The molecule has 2 heterocycles. The fourth-order valence-corrected chi connectivity index (χ4v) is 1.65. The van der Waals surface area contributed by atoms with Crippen molar-refractivity contribution in [3.8, 4) is 5.95 Å². The van der Waals surface area contributed by atoms with Gasteiger partial charge in [-0.05, 0) is 18.8 Å². The summed E-state index contributed by atoms with van der Waals surface area (Å²) in [5.41, 5.74) is 0. The van der Waals surface area contributed by atoms with E-state index in [2.05, 4.69) is 56.4 Å². The first kappa shape index (κ1) is 15.1. The maximum absolute atomic E-state index is 4.37. The van der Waals surface area contributed by atoms with Crippen molar-refractivity contribution >= 4 is 11.9 Å². The Bertz CT molecular complexity index is 537. The molecule has 0 aliphatic carbocycles. The molecule has 0 spiro atoms. The summed E-state index contributed by atoms with van der Waals surface area (Å²) in [6.45, 7) is 8.10. The molecule has 0 amide bonds. The van der Waals surface area contributed by atoms with E-state index in [1.54, 1.807) is 6.33 Å². The van der Waals surface area contributed by atoms with E-state index in [1.165, 1.54) is 11.0 Å². The zero-order valence-electron chi connectivity index (χ0n) is 12.7. The molecular formula is C13H22N8. The molecule has 8 nitrogen and oxygen atoms in total. The van der Waals surface area contributed by atoms with E-state index in [9.17, 15) is 0 Å². The summed E-state index contributed by atoms with van der Waals surface area (Å²) in [5, 5.41) is 10.5. The summed E-state index contributed by atoms with van der Waals surface area (Å²) in [4.78, 5) is 17.0. The summed E-state index contributed by atoms with van der Waals surface area (Å²) < 4.78 is 1.52. The van der Waals surface area contributed by atoms with E-state index < -0.39 is 0 Å². The van der Waals surface area contributed by atoms with Crippen molar-refractivity contribution in [2.24, 2.45) is 5.92 Å². The molecule has 8 heteroatoms. The van der Waals surface area contributed by atoms with E-state index >= 15 is 0 Å². The van der Waals surface area contributed by atoms with E-state index in [4.69, 9.17) is 0 Å². The number of hydrogen-bond acceptors (Lipinski definition) is 7. The molecule has 0 aliphatic rings. The highest BCUT2D eigenvalue weighted by Crippen LogP contribution is 2.09. The van der Waals surface area contributed by atoms with E-state index in [-0.39, 0.29) is 0 Å². The molecule has 0 fully saturated rings. The summed E-state index contributed by atoms with van der Waals surface area (Å²) in [6.07, 6.45) is 5.08. The predicted molar refractivity (Wildman–Crippen MR) is 81.5 cm³/mol. The van der Waals surface area contributed by atoms with Gasteiger partial charge in [0.25, 0.3) is 5.95 Å². The topological polar surface area (TPSA) is 93.4 Å². The van der Waals surface area contributed by atoms with Crippen molar-refractivity contribution in [3.05, 3.63) is 12.7 Å². The largest absolute Gasteiger partial charge is 0.354 e. The first-order valence-electron chi connectivity index (χ1n) is 7.28. The lowest BCUT2D eigenvalue weighted by molar-refractivity contribution is 0.605. The zero-order valence-corrected chi connectivity index (χ0v) is 12.7. The lowest BCUT2D eigenvalue weighted by Crippen LogP contribution is -2.14. The Hall–Kier alpha value is -2.25. The molecule has 0 aromatic carbocycles. The summed E-state index contributed by atoms with van der Waals surface area (Å²) >= 11 is 0. The highest BCUT2D eigenvalue weighted by Gasteiger charge is 2.08. The fraction of sp³-hybridized carbons (Fsp3) is 0.615. The van der Waals surface area contributed by atoms with Gasteiger partial charge in [0.1, 0.15) is 12.7 Å². The van der Waals surface area contributed by atoms with Gasteiger partial charge in [-0.2, -0.15) is 24.7 Å². The third-order valence-electron chi connectivity index (χ3n) is 2.79. The normalized spacial score (nSPS) is 10.9. The Morgan fingerprint density at radius 3 is 2.38 bits per heavy atom. The maximum atomic E-state index is 4.37. The van der Waals surface area contributed by atoms with Crippen LogP contribution in [0.4, 0.5) is 11.9 Å². The Morgan fingerprint density at radius 1 is 1.10 bits per heavy atom. The summed E-state index contributed by atoms with van der Waals surface area (Å²) in [5.74, 6) is 2.18. The minimum absolute atomic E-state index is 0.452. The van der Waals surface area contributed by atoms with Crippen molar-refractivity contribution < 1.29 is 0 Å². The predicted octanol–water partition coefficient (Wildman–Crippen LogP) is 1.73. The second-order valence-corrected chi connectivity index (χ2v) is 5.16. The molecule has 2 rings (SSSR count). The molecule has 2 aromatic rings. The Balaban J connectivity index is 2.16. The van der Waals surface area contributed by atoms with Gasteiger partial charge in [-0.25, -0.2) is 4.98 Å². The van der Waals surface area contributed by atoms with E-state index in [1.807, 2.05) is 0 Å². The molecule has 0 bridgehead atoms.